The number of β-amino-alcohol motifs (C(OH)–C–C–N with tert-alkyl or cyclic N) is 1. The predicted molar refractivity (Wildman–Crippen MR) is 98.6 cm³/mol. The lowest BCUT2D eigenvalue weighted by Crippen LogP contribution is -2.59. The van der Waals surface area contributed by atoms with Crippen LogP contribution in [0.1, 0.15) is 18.7 Å². The van der Waals surface area contributed by atoms with Gasteiger partial charge in [-0.15, -0.1) is 0 Å². The highest BCUT2D eigenvalue weighted by molar-refractivity contribution is 5.73. The van der Waals surface area contributed by atoms with Crippen molar-refractivity contribution in [3.63, 3.8) is 0 Å². The first kappa shape index (κ1) is 18.4. The van der Waals surface area contributed by atoms with Crippen LogP contribution in [0.5, 0.6) is 0 Å². The van der Waals surface area contributed by atoms with E-state index in [9.17, 15) is 18.3 Å². The summed E-state index contributed by atoms with van der Waals surface area (Å²) in [6.07, 6.45) is 0.495. The summed E-state index contributed by atoms with van der Waals surface area (Å²) in [5.74, 6) is 0.326. The molecule has 2 atom stereocenters. The molecular formula is C18H20F3N7O. The summed E-state index contributed by atoms with van der Waals surface area (Å²) in [4.78, 5) is 12.4. The Morgan fingerprint density at radius 1 is 1.21 bits per heavy atom. The molecule has 0 radical (unpaired) electrons. The molecule has 0 spiro atoms. The van der Waals surface area contributed by atoms with E-state index in [-0.39, 0.29) is 23.4 Å². The van der Waals surface area contributed by atoms with Crippen molar-refractivity contribution in [3.05, 3.63) is 30.5 Å². The van der Waals surface area contributed by atoms with Gasteiger partial charge in [-0.1, -0.05) is 0 Å². The Labute approximate surface area is 164 Å². The molecule has 0 unspecified atom stereocenters. The molecule has 0 bridgehead atoms. The zero-order valence-electron chi connectivity index (χ0n) is 15.9. The van der Waals surface area contributed by atoms with Crippen LogP contribution < -0.4 is 4.90 Å². The summed E-state index contributed by atoms with van der Waals surface area (Å²) in [5.41, 5.74) is -0.649. The molecule has 8 nitrogen and oxygen atoms in total. The Morgan fingerprint density at radius 3 is 2.59 bits per heavy atom. The fourth-order valence-corrected chi connectivity index (χ4v) is 4.00. The topological polar surface area (TPSA) is 74.7 Å². The second-order valence-electron chi connectivity index (χ2n) is 7.80. The number of aromatic nitrogens is 5. The molecule has 0 amide bonds. The van der Waals surface area contributed by atoms with Crippen molar-refractivity contribution in [2.45, 2.75) is 31.3 Å². The van der Waals surface area contributed by atoms with Crippen molar-refractivity contribution < 1.29 is 18.3 Å². The predicted octanol–water partition coefficient (Wildman–Crippen LogP) is 1.67. The van der Waals surface area contributed by atoms with Gasteiger partial charge in [0.05, 0.1) is 24.4 Å². The van der Waals surface area contributed by atoms with Crippen LogP contribution in [0.25, 0.3) is 16.9 Å². The van der Waals surface area contributed by atoms with E-state index in [1.807, 2.05) is 7.05 Å². The van der Waals surface area contributed by atoms with Crippen LogP contribution in [0.2, 0.25) is 0 Å². The lowest BCUT2D eigenvalue weighted by molar-refractivity contribution is -0.141. The number of alkyl halides is 3. The first-order valence-corrected chi connectivity index (χ1v) is 9.36. The highest BCUT2D eigenvalue weighted by Crippen LogP contribution is 2.40. The average Bonchev–Trinajstić information content (AvgIpc) is 3.30. The summed E-state index contributed by atoms with van der Waals surface area (Å²) >= 11 is 0. The third-order valence-electron chi connectivity index (χ3n) is 5.79. The van der Waals surface area contributed by atoms with Crippen LogP contribution in [0.4, 0.5) is 19.0 Å². The third-order valence-corrected chi connectivity index (χ3v) is 5.79. The fourth-order valence-electron chi connectivity index (χ4n) is 4.00. The highest BCUT2D eigenvalue weighted by Gasteiger charge is 2.42. The lowest BCUT2D eigenvalue weighted by atomic mass is 10.0. The smallest absolute Gasteiger partial charge is 0.389 e. The number of hydrogen-bond donors (Lipinski definition) is 1. The number of imidazole rings is 1. The molecule has 0 saturated carbocycles. The van der Waals surface area contributed by atoms with Gasteiger partial charge in [-0.2, -0.15) is 18.3 Å². The first-order chi connectivity index (χ1) is 13.7. The molecule has 3 aromatic heterocycles. The number of nitrogens with zero attached hydrogens (tertiary/aromatic N) is 7. The van der Waals surface area contributed by atoms with E-state index in [4.69, 9.17) is 0 Å². The zero-order chi connectivity index (χ0) is 20.5. The Hall–Kier alpha value is -2.66. The summed E-state index contributed by atoms with van der Waals surface area (Å²) in [6, 6.07) is -0.106. The SMILES string of the molecule is C[C@H]1[C@H](O)CN1c1nc(-c2cnn(C3CN(C)C3)c2)c(C(F)(F)F)n2ccnc12. The second kappa shape index (κ2) is 6.17. The van der Waals surface area contributed by atoms with Crippen molar-refractivity contribution in [1.29, 1.82) is 0 Å². The average molecular weight is 407 g/mol. The number of fused-ring (bicyclic) bond motifs is 1. The van der Waals surface area contributed by atoms with Crippen LogP contribution in [-0.4, -0.2) is 73.0 Å². The number of likely N-dealkylation sites (tertiary alicyclic amines) is 1. The summed E-state index contributed by atoms with van der Waals surface area (Å²) < 4.78 is 44.8. The number of likely N-dealkylation sites (N-methyl/N-ethyl adjacent to an activating group) is 1. The first-order valence-electron chi connectivity index (χ1n) is 9.36. The Kier molecular flexibility index (Phi) is 3.91. The van der Waals surface area contributed by atoms with Crippen LogP contribution >= 0.6 is 0 Å². The number of anilines is 1. The molecule has 0 aliphatic carbocycles. The van der Waals surface area contributed by atoms with Gasteiger partial charge in [-0.3, -0.25) is 9.08 Å². The quantitative estimate of drug-likeness (QED) is 0.712. The molecular weight excluding hydrogens is 387 g/mol. The van der Waals surface area contributed by atoms with Gasteiger partial charge in [-0.05, 0) is 14.0 Å². The van der Waals surface area contributed by atoms with Gasteiger partial charge in [0.2, 0.25) is 0 Å². The standard InChI is InChI=1S/C18H20F3N7O/c1-10-13(29)9-27(10)17-16-22-3-4-26(16)15(18(19,20)21)14(24-17)11-5-23-28(6-11)12-7-25(2)8-12/h3-6,10,12-13,29H,7-9H2,1-2H3/t10-,13+/m0/s1. The Balaban J connectivity index is 1.67. The van der Waals surface area contributed by atoms with Gasteiger partial charge in [0.25, 0.3) is 0 Å². The molecule has 154 valence electrons. The van der Waals surface area contributed by atoms with Crippen LogP contribution in [-0.2, 0) is 6.18 Å². The second-order valence-corrected chi connectivity index (χ2v) is 7.80. The number of aliphatic hydroxyl groups is 1. The molecule has 1 N–H and O–H groups in total. The van der Waals surface area contributed by atoms with E-state index < -0.39 is 18.0 Å². The van der Waals surface area contributed by atoms with Crippen molar-refractivity contribution in [2.24, 2.45) is 0 Å². The molecule has 2 aliphatic rings. The molecule has 2 saturated heterocycles. The van der Waals surface area contributed by atoms with Gasteiger partial charge in [0.1, 0.15) is 5.69 Å². The largest absolute Gasteiger partial charge is 0.433 e. The maximum absolute atomic E-state index is 14.0. The maximum atomic E-state index is 14.0. The highest BCUT2D eigenvalue weighted by atomic mass is 19.4. The maximum Gasteiger partial charge on any atom is 0.433 e. The summed E-state index contributed by atoms with van der Waals surface area (Å²) in [7, 11) is 1.98. The van der Waals surface area contributed by atoms with Gasteiger partial charge in [0, 0.05) is 43.8 Å². The van der Waals surface area contributed by atoms with E-state index in [2.05, 4.69) is 20.0 Å². The Morgan fingerprint density at radius 2 is 1.97 bits per heavy atom. The fraction of sp³-hybridized carbons (Fsp3) is 0.500. The minimum atomic E-state index is -4.63. The number of rotatable bonds is 3. The van der Waals surface area contributed by atoms with Crippen LogP contribution in [0.3, 0.4) is 0 Å². The normalized spacial score (nSPS) is 23.4. The van der Waals surface area contributed by atoms with E-state index in [1.165, 1.54) is 18.6 Å². The molecule has 11 heteroatoms. The van der Waals surface area contributed by atoms with E-state index >= 15 is 0 Å². The van der Waals surface area contributed by atoms with Crippen molar-refractivity contribution in [2.75, 3.05) is 31.6 Å². The van der Waals surface area contributed by atoms with Gasteiger partial charge < -0.3 is 14.9 Å². The summed E-state index contributed by atoms with van der Waals surface area (Å²) in [6.45, 7) is 3.71. The zero-order valence-corrected chi connectivity index (χ0v) is 15.9. The molecule has 0 aromatic carbocycles. The minimum Gasteiger partial charge on any atom is -0.389 e. The molecule has 3 aromatic rings. The monoisotopic (exact) mass is 407 g/mol. The van der Waals surface area contributed by atoms with E-state index in [0.717, 1.165) is 17.5 Å². The molecule has 29 heavy (non-hydrogen) atoms. The third kappa shape index (κ3) is 2.79. The van der Waals surface area contributed by atoms with Gasteiger partial charge in [0.15, 0.2) is 17.2 Å². The number of halogens is 3. The molecule has 5 heterocycles. The van der Waals surface area contributed by atoms with Crippen molar-refractivity contribution in [3.8, 4) is 11.3 Å². The lowest BCUT2D eigenvalue weighted by Gasteiger charge is -2.44. The number of hydrogen-bond acceptors (Lipinski definition) is 6. The van der Waals surface area contributed by atoms with E-state index in [1.54, 1.807) is 22.7 Å². The Bertz CT molecular complexity index is 1070. The van der Waals surface area contributed by atoms with Gasteiger partial charge >= 0.3 is 6.18 Å². The van der Waals surface area contributed by atoms with Gasteiger partial charge in [-0.25, -0.2) is 9.97 Å². The van der Waals surface area contributed by atoms with Crippen LogP contribution in [0, 0.1) is 0 Å². The molecule has 2 fully saturated rings. The van der Waals surface area contributed by atoms with Crippen molar-refractivity contribution in [1.82, 2.24) is 29.0 Å². The molecule has 2 aliphatic heterocycles. The van der Waals surface area contributed by atoms with Crippen molar-refractivity contribution >= 4 is 11.5 Å². The van der Waals surface area contributed by atoms with Crippen LogP contribution in [0.15, 0.2) is 24.8 Å². The van der Waals surface area contributed by atoms with E-state index in [0.29, 0.717) is 17.9 Å². The number of aliphatic hydroxyl groups excluding tert-OH is 1. The summed E-state index contributed by atoms with van der Waals surface area (Å²) in [5, 5.41) is 14.1. The molecule has 5 rings (SSSR count). The minimum absolute atomic E-state index is 0.118.